The molecule has 0 aliphatic heterocycles. The fourth-order valence-corrected chi connectivity index (χ4v) is 2.99. The van der Waals surface area contributed by atoms with Gasteiger partial charge in [-0.05, 0) is 13.3 Å². The first kappa shape index (κ1) is 21.0. The van der Waals surface area contributed by atoms with Crippen molar-refractivity contribution < 1.29 is 5.11 Å². The molecule has 1 atom stereocenters. The molecule has 0 saturated heterocycles. The second-order valence-corrected chi connectivity index (χ2v) is 6.94. The van der Waals surface area contributed by atoms with Crippen molar-refractivity contribution >= 4 is 0 Å². The van der Waals surface area contributed by atoms with E-state index >= 15 is 0 Å². The van der Waals surface area contributed by atoms with Gasteiger partial charge in [0.1, 0.15) is 0 Å². The summed E-state index contributed by atoms with van der Waals surface area (Å²) in [5.41, 5.74) is 0. The van der Waals surface area contributed by atoms with Gasteiger partial charge in [0, 0.05) is 0 Å². The Kier molecular flexibility index (Phi) is 18.0. The summed E-state index contributed by atoms with van der Waals surface area (Å²) in [5, 5.41) is 9.17. The van der Waals surface area contributed by atoms with Crippen LogP contribution in [0.5, 0.6) is 0 Å². The quantitative estimate of drug-likeness (QED) is 0.286. The Balaban J connectivity index is 2.93. The first-order valence-corrected chi connectivity index (χ1v) is 9.95. The molecule has 0 aromatic carbocycles. The van der Waals surface area contributed by atoms with E-state index in [1.165, 1.54) is 103 Å². The summed E-state index contributed by atoms with van der Waals surface area (Å²) in [6.45, 7) is 4.18. The highest BCUT2D eigenvalue weighted by Crippen LogP contribution is 2.14. The Morgan fingerprint density at radius 3 is 1.10 bits per heavy atom. The summed E-state index contributed by atoms with van der Waals surface area (Å²) < 4.78 is 0. The third-order valence-electron chi connectivity index (χ3n) is 4.48. The van der Waals surface area contributed by atoms with Crippen LogP contribution in [0.15, 0.2) is 0 Å². The van der Waals surface area contributed by atoms with Crippen LogP contribution in [-0.4, -0.2) is 11.2 Å². The molecular weight excluding hydrogens is 256 g/mol. The molecule has 1 N–H and O–H groups in total. The minimum atomic E-state index is -0.100. The Labute approximate surface area is 134 Å². The zero-order valence-corrected chi connectivity index (χ0v) is 15.0. The second kappa shape index (κ2) is 18.0. The standard InChI is InChI=1S/C20H42O/c1-3-4-5-6-7-8-9-10-11-12-13-14-15-16-17-18-19-20(2)21/h20-21H,3-19H2,1-2H3. The van der Waals surface area contributed by atoms with E-state index in [9.17, 15) is 0 Å². The number of unbranched alkanes of at least 4 members (excludes halogenated alkanes) is 15. The maximum absolute atomic E-state index is 9.17. The molecule has 0 radical (unpaired) electrons. The van der Waals surface area contributed by atoms with Crippen LogP contribution in [0.3, 0.4) is 0 Å². The van der Waals surface area contributed by atoms with Gasteiger partial charge < -0.3 is 5.11 Å². The summed E-state index contributed by atoms with van der Waals surface area (Å²) in [6.07, 6.45) is 23.5. The molecule has 1 unspecified atom stereocenters. The Morgan fingerprint density at radius 2 is 0.810 bits per heavy atom. The first-order chi connectivity index (χ1) is 10.3. The van der Waals surface area contributed by atoms with Crippen molar-refractivity contribution in [2.45, 2.75) is 129 Å². The van der Waals surface area contributed by atoms with E-state index in [4.69, 9.17) is 5.11 Å². The lowest BCUT2D eigenvalue weighted by Gasteiger charge is -2.04. The smallest absolute Gasteiger partial charge is 0.0512 e. The number of aliphatic hydroxyl groups is 1. The molecule has 0 aliphatic rings. The van der Waals surface area contributed by atoms with Crippen LogP contribution in [-0.2, 0) is 0 Å². The zero-order chi connectivity index (χ0) is 15.6. The molecule has 0 fully saturated rings. The van der Waals surface area contributed by atoms with Crippen LogP contribution in [0.4, 0.5) is 0 Å². The Morgan fingerprint density at radius 1 is 0.524 bits per heavy atom. The normalized spacial score (nSPS) is 12.7. The predicted octanol–water partition coefficient (Wildman–Crippen LogP) is 7.02. The lowest BCUT2D eigenvalue weighted by atomic mass is 10.0. The maximum atomic E-state index is 9.17. The molecule has 0 spiro atoms. The highest BCUT2D eigenvalue weighted by Gasteiger charge is 1.96. The Bertz CT molecular complexity index is 177. The molecule has 0 rings (SSSR count). The van der Waals surface area contributed by atoms with Crippen molar-refractivity contribution in [2.24, 2.45) is 0 Å². The number of rotatable bonds is 17. The van der Waals surface area contributed by atoms with Crippen LogP contribution in [0.2, 0.25) is 0 Å². The maximum Gasteiger partial charge on any atom is 0.0512 e. The summed E-state index contributed by atoms with van der Waals surface area (Å²) >= 11 is 0. The topological polar surface area (TPSA) is 20.2 Å². The van der Waals surface area contributed by atoms with Gasteiger partial charge in [0.15, 0.2) is 0 Å². The van der Waals surface area contributed by atoms with Crippen LogP contribution in [0.25, 0.3) is 0 Å². The predicted molar refractivity (Wildman–Crippen MR) is 95.8 cm³/mol. The SMILES string of the molecule is CCCCCCCCCCCCCCCCCCC(C)O. The van der Waals surface area contributed by atoms with E-state index in [-0.39, 0.29) is 6.10 Å². The summed E-state index contributed by atoms with van der Waals surface area (Å²) in [5.74, 6) is 0. The molecule has 0 aliphatic carbocycles. The molecule has 0 heterocycles. The Hall–Kier alpha value is -0.0400. The molecule has 0 aromatic heterocycles. The molecule has 0 aromatic rings. The number of hydrogen-bond donors (Lipinski definition) is 1. The van der Waals surface area contributed by atoms with E-state index in [1.807, 2.05) is 6.92 Å². The van der Waals surface area contributed by atoms with Crippen molar-refractivity contribution in [2.75, 3.05) is 0 Å². The van der Waals surface area contributed by atoms with Crippen LogP contribution in [0.1, 0.15) is 123 Å². The monoisotopic (exact) mass is 298 g/mol. The molecule has 0 saturated carbocycles. The molecule has 0 bridgehead atoms. The third kappa shape index (κ3) is 20.0. The van der Waals surface area contributed by atoms with Crippen molar-refractivity contribution in [3.63, 3.8) is 0 Å². The van der Waals surface area contributed by atoms with Crippen molar-refractivity contribution in [1.29, 1.82) is 0 Å². The molecule has 1 nitrogen and oxygen atoms in total. The average Bonchev–Trinajstić information content (AvgIpc) is 2.46. The lowest BCUT2D eigenvalue weighted by molar-refractivity contribution is 0.180. The fourth-order valence-electron chi connectivity index (χ4n) is 2.99. The van der Waals surface area contributed by atoms with E-state index in [0.717, 1.165) is 6.42 Å². The van der Waals surface area contributed by atoms with Crippen molar-refractivity contribution in [1.82, 2.24) is 0 Å². The van der Waals surface area contributed by atoms with Gasteiger partial charge in [-0.2, -0.15) is 0 Å². The van der Waals surface area contributed by atoms with Crippen LogP contribution >= 0.6 is 0 Å². The van der Waals surface area contributed by atoms with Crippen molar-refractivity contribution in [3.05, 3.63) is 0 Å². The van der Waals surface area contributed by atoms with E-state index < -0.39 is 0 Å². The van der Waals surface area contributed by atoms with E-state index in [0.29, 0.717) is 0 Å². The molecule has 128 valence electrons. The summed E-state index contributed by atoms with van der Waals surface area (Å²) in [4.78, 5) is 0. The van der Waals surface area contributed by atoms with Gasteiger partial charge in [-0.1, -0.05) is 110 Å². The van der Waals surface area contributed by atoms with Gasteiger partial charge in [-0.25, -0.2) is 0 Å². The second-order valence-electron chi connectivity index (χ2n) is 6.94. The zero-order valence-electron chi connectivity index (χ0n) is 15.0. The van der Waals surface area contributed by atoms with Gasteiger partial charge in [-0.3, -0.25) is 0 Å². The minimum Gasteiger partial charge on any atom is -0.393 e. The number of hydrogen-bond acceptors (Lipinski definition) is 1. The lowest BCUT2D eigenvalue weighted by Crippen LogP contribution is -1.98. The van der Waals surface area contributed by atoms with Crippen LogP contribution in [0, 0.1) is 0 Å². The largest absolute Gasteiger partial charge is 0.393 e. The molecule has 1 heteroatoms. The fraction of sp³-hybridized carbons (Fsp3) is 1.00. The summed E-state index contributed by atoms with van der Waals surface area (Å²) in [6, 6.07) is 0. The highest BCUT2D eigenvalue weighted by atomic mass is 16.3. The van der Waals surface area contributed by atoms with Crippen molar-refractivity contribution in [3.8, 4) is 0 Å². The molecule has 0 amide bonds. The number of aliphatic hydroxyl groups excluding tert-OH is 1. The average molecular weight is 299 g/mol. The summed E-state index contributed by atoms with van der Waals surface area (Å²) in [7, 11) is 0. The van der Waals surface area contributed by atoms with Gasteiger partial charge in [0.05, 0.1) is 6.10 Å². The minimum absolute atomic E-state index is 0.100. The van der Waals surface area contributed by atoms with Gasteiger partial charge in [-0.15, -0.1) is 0 Å². The van der Waals surface area contributed by atoms with Crippen LogP contribution < -0.4 is 0 Å². The first-order valence-electron chi connectivity index (χ1n) is 9.95. The molecular formula is C20H42O. The van der Waals surface area contributed by atoms with Gasteiger partial charge in [0.2, 0.25) is 0 Å². The van der Waals surface area contributed by atoms with Gasteiger partial charge >= 0.3 is 0 Å². The van der Waals surface area contributed by atoms with E-state index in [1.54, 1.807) is 0 Å². The molecule has 21 heavy (non-hydrogen) atoms. The third-order valence-corrected chi connectivity index (χ3v) is 4.48. The highest BCUT2D eigenvalue weighted by molar-refractivity contribution is 4.51. The van der Waals surface area contributed by atoms with Gasteiger partial charge in [0.25, 0.3) is 0 Å². The van der Waals surface area contributed by atoms with E-state index in [2.05, 4.69) is 6.92 Å².